The van der Waals surface area contributed by atoms with Crippen LogP contribution in [0.3, 0.4) is 0 Å². The molecule has 1 aromatic heterocycles. The Bertz CT molecular complexity index is 494. The van der Waals surface area contributed by atoms with Gasteiger partial charge >= 0.3 is 5.97 Å². The molecule has 0 aromatic carbocycles. The second-order valence-corrected chi connectivity index (χ2v) is 5.02. The van der Waals surface area contributed by atoms with Gasteiger partial charge in [-0.15, -0.1) is 0 Å². The van der Waals surface area contributed by atoms with Crippen LogP contribution in [0.1, 0.15) is 43.1 Å². The molecule has 1 atom stereocenters. The lowest BCUT2D eigenvalue weighted by atomic mass is 10.1. The van der Waals surface area contributed by atoms with Crippen molar-refractivity contribution in [3.8, 4) is 0 Å². The highest BCUT2D eigenvalue weighted by Crippen LogP contribution is 2.14. The van der Waals surface area contributed by atoms with Gasteiger partial charge in [0.1, 0.15) is 6.04 Å². The second-order valence-electron chi connectivity index (χ2n) is 5.02. The Kier molecular flexibility index (Phi) is 5.73. The highest BCUT2D eigenvalue weighted by atomic mass is 16.4. The number of nitrogens with zero attached hydrogens (tertiary/aromatic N) is 2. The summed E-state index contributed by atoms with van der Waals surface area (Å²) in [5.74, 6) is -1.21. The molecule has 0 aliphatic heterocycles. The number of hydrogen-bond acceptors (Lipinski definition) is 3. The maximum Gasteiger partial charge on any atom is 0.326 e. The lowest BCUT2D eigenvalue weighted by Gasteiger charge is -2.13. The summed E-state index contributed by atoms with van der Waals surface area (Å²) < 4.78 is 1.79. The summed E-state index contributed by atoms with van der Waals surface area (Å²) in [6.45, 7) is 5.77. The summed E-state index contributed by atoms with van der Waals surface area (Å²) in [7, 11) is 1.87. The average molecular weight is 281 g/mol. The zero-order chi connectivity index (χ0) is 15.3. The zero-order valence-corrected chi connectivity index (χ0v) is 12.6. The van der Waals surface area contributed by atoms with Crippen LogP contribution in [-0.4, -0.2) is 32.8 Å². The number of carboxylic acid groups (broad SMARTS) is 1. The summed E-state index contributed by atoms with van der Waals surface area (Å²) in [6.07, 6.45) is 2.03. The molecule has 1 amide bonds. The summed E-state index contributed by atoms with van der Waals surface area (Å²) in [5.41, 5.74) is 3.02. The third kappa shape index (κ3) is 4.08. The van der Waals surface area contributed by atoms with Crippen LogP contribution in [0, 0.1) is 13.8 Å². The fourth-order valence-corrected chi connectivity index (χ4v) is 2.23. The van der Waals surface area contributed by atoms with Crippen molar-refractivity contribution in [2.75, 3.05) is 0 Å². The van der Waals surface area contributed by atoms with Crippen LogP contribution in [0.4, 0.5) is 0 Å². The van der Waals surface area contributed by atoms with Crippen LogP contribution in [-0.2, 0) is 23.1 Å². The normalized spacial score (nSPS) is 12.2. The van der Waals surface area contributed by atoms with Gasteiger partial charge in [-0.2, -0.15) is 5.10 Å². The molecule has 0 bridgehead atoms. The number of carbonyl (C=O) groups excluding carboxylic acids is 1. The third-order valence-electron chi connectivity index (χ3n) is 3.47. The van der Waals surface area contributed by atoms with E-state index < -0.39 is 12.0 Å². The van der Waals surface area contributed by atoms with Gasteiger partial charge < -0.3 is 10.4 Å². The van der Waals surface area contributed by atoms with E-state index in [0.717, 1.165) is 23.4 Å². The summed E-state index contributed by atoms with van der Waals surface area (Å²) in [6, 6.07) is -0.788. The minimum atomic E-state index is -0.978. The summed E-state index contributed by atoms with van der Waals surface area (Å²) in [5, 5.41) is 15.9. The van der Waals surface area contributed by atoms with Gasteiger partial charge in [-0.05, 0) is 32.3 Å². The predicted molar refractivity (Wildman–Crippen MR) is 75.5 cm³/mol. The first-order valence-electron chi connectivity index (χ1n) is 6.88. The summed E-state index contributed by atoms with van der Waals surface area (Å²) in [4.78, 5) is 22.8. The molecular formula is C14H23N3O3. The maximum atomic E-state index is 11.8. The molecule has 6 nitrogen and oxygen atoms in total. The molecule has 1 rings (SSSR count). The third-order valence-corrected chi connectivity index (χ3v) is 3.47. The van der Waals surface area contributed by atoms with E-state index in [9.17, 15) is 9.59 Å². The number of amides is 1. The minimum Gasteiger partial charge on any atom is -0.480 e. The van der Waals surface area contributed by atoms with Crippen LogP contribution in [0.2, 0.25) is 0 Å². The largest absolute Gasteiger partial charge is 0.480 e. The molecule has 0 spiro atoms. The van der Waals surface area contributed by atoms with Crippen molar-refractivity contribution in [3.63, 3.8) is 0 Å². The lowest BCUT2D eigenvalue weighted by Crippen LogP contribution is -2.40. The highest BCUT2D eigenvalue weighted by Gasteiger charge is 2.19. The van der Waals surface area contributed by atoms with Gasteiger partial charge in [0.05, 0.1) is 5.69 Å². The molecule has 0 fully saturated rings. The second kappa shape index (κ2) is 7.07. The van der Waals surface area contributed by atoms with Crippen molar-refractivity contribution in [1.82, 2.24) is 15.1 Å². The standard InChI is InChI=1S/C14H23N3O3/c1-5-6-12(14(19)20)15-13(18)8-7-11-9(2)16-17(4)10(11)3/h12H,5-8H2,1-4H3,(H,15,18)(H,19,20)/t12-/m0/s1. The molecule has 0 saturated heterocycles. The Labute approximate surface area is 119 Å². The van der Waals surface area contributed by atoms with Gasteiger partial charge in [-0.1, -0.05) is 13.3 Å². The van der Waals surface area contributed by atoms with E-state index in [1.807, 2.05) is 27.8 Å². The number of nitrogens with one attached hydrogen (secondary N) is 1. The van der Waals surface area contributed by atoms with Crippen molar-refractivity contribution in [2.24, 2.45) is 7.05 Å². The van der Waals surface area contributed by atoms with Crippen LogP contribution in [0.15, 0.2) is 0 Å². The number of hydrogen-bond donors (Lipinski definition) is 2. The van der Waals surface area contributed by atoms with Gasteiger partial charge in [0.25, 0.3) is 0 Å². The fraction of sp³-hybridized carbons (Fsp3) is 0.643. The van der Waals surface area contributed by atoms with Gasteiger partial charge in [-0.25, -0.2) is 4.79 Å². The molecule has 20 heavy (non-hydrogen) atoms. The van der Waals surface area contributed by atoms with Crippen molar-refractivity contribution in [3.05, 3.63) is 17.0 Å². The van der Waals surface area contributed by atoms with Crippen molar-refractivity contribution in [1.29, 1.82) is 0 Å². The zero-order valence-electron chi connectivity index (χ0n) is 12.6. The first-order chi connectivity index (χ1) is 9.36. The Morgan fingerprint density at radius 1 is 1.40 bits per heavy atom. The van der Waals surface area contributed by atoms with Crippen LogP contribution >= 0.6 is 0 Å². The topological polar surface area (TPSA) is 84.2 Å². The molecule has 1 heterocycles. The molecule has 0 saturated carbocycles. The van der Waals surface area contributed by atoms with E-state index in [1.54, 1.807) is 4.68 Å². The number of aliphatic carboxylic acids is 1. The minimum absolute atomic E-state index is 0.228. The molecule has 0 aliphatic rings. The lowest BCUT2D eigenvalue weighted by molar-refractivity contribution is -0.142. The van der Waals surface area contributed by atoms with E-state index in [0.29, 0.717) is 12.8 Å². The maximum absolute atomic E-state index is 11.8. The first-order valence-corrected chi connectivity index (χ1v) is 6.88. The number of aromatic nitrogens is 2. The average Bonchev–Trinajstić information content (AvgIpc) is 2.60. The molecule has 6 heteroatoms. The Morgan fingerprint density at radius 2 is 2.05 bits per heavy atom. The van der Waals surface area contributed by atoms with E-state index >= 15 is 0 Å². The van der Waals surface area contributed by atoms with Crippen molar-refractivity contribution in [2.45, 2.75) is 52.5 Å². The molecule has 1 aromatic rings. The van der Waals surface area contributed by atoms with Gasteiger partial charge in [0.2, 0.25) is 5.91 Å². The number of carbonyl (C=O) groups is 2. The monoisotopic (exact) mass is 281 g/mol. The molecule has 2 N–H and O–H groups in total. The predicted octanol–water partition coefficient (Wildman–Crippen LogP) is 1.34. The number of carboxylic acids is 1. The summed E-state index contributed by atoms with van der Waals surface area (Å²) >= 11 is 0. The Morgan fingerprint density at radius 3 is 2.50 bits per heavy atom. The van der Waals surface area contributed by atoms with Crippen LogP contribution < -0.4 is 5.32 Å². The molecular weight excluding hydrogens is 258 g/mol. The van der Waals surface area contributed by atoms with E-state index in [4.69, 9.17) is 5.11 Å². The van der Waals surface area contributed by atoms with Gasteiger partial charge in [0, 0.05) is 19.2 Å². The quantitative estimate of drug-likeness (QED) is 0.790. The number of aryl methyl sites for hydroxylation is 2. The number of rotatable bonds is 7. The highest BCUT2D eigenvalue weighted by molar-refractivity contribution is 5.83. The van der Waals surface area contributed by atoms with E-state index in [-0.39, 0.29) is 12.3 Å². The van der Waals surface area contributed by atoms with Crippen LogP contribution in [0.25, 0.3) is 0 Å². The van der Waals surface area contributed by atoms with E-state index in [2.05, 4.69) is 10.4 Å². The Balaban J connectivity index is 2.56. The SMILES string of the molecule is CCC[C@H](NC(=O)CCc1c(C)nn(C)c1C)C(=O)O. The fourth-order valence-electron chi connectivity index (χ4n) is 2.23. The molecule has 0 unspecified atom stereocenters. The van der Waals surface area contributed by atoms with Gasteiger partial charge in [-0.3, -0.25) is 9.48 Å². The molecule has 0 radical (unpaired) electrons. The Hall–Kier alpha value is -1.85. The first kappa shape index (κ1) is 16.2. The van der Waals surface area contributed by atoms with Crippen molar-refractivity contribution < 1.29 is 14.7 Å². The van der Waals surface area contributed by atoms with Crippen molar-refractivity contribution >= 4 is 11.9 Å². The molecule has 0 aliphatic carbocycles. The smallest absolute Gasteiger partial charge is 0.326 e. The van der Waals surface area contributed by atoms with Crippen LogP contribution in [0.5, 0.6) is 0 Å². The van der Waals surface area contributed by atoms with E-state index in [1.165, 1.54) is 0 Å². The van der Waals surface area contributed by atoms with Gasteiger partial charge in [0.15, 0.2) is 0 Å². The molecule has 112 valence electrons.